The van der Waals surface area contributed by atoms with Crippen LogP contribution >= 0.6 is 23.1 Å². The normalized spacial score (nSPS) is 15.2. The molecule has 0 spiro atoms. The second kappa shape index (κ2) is 9.95. The second-order valence-corrected chi connectivity index (χ2v) is 10.7. The molecule has 2 aromatic heterocycles. The number of aromatic nitrogens is 2. The van der Waals surface area contributed by atoms with Crippen LogP contribution in [0, 0.1) is 11.7 Å². The van der Waals surface area contributed by atoms with Crippen LogP contribution in [-0.2, 0) is 12.8 Å². The predicted molar refractivity (Wildman–Crippen MR) is 139 cm³/mol. The van der Waals surface area contributed by atoms with Crippen molar-refractivity contribution in [2.75, 3.05) is 12.4 Å². The number of thiophene rings is 1. The Labute approximate surface area is 211 Å². The number of nitrogens with zero attached hydrogens (tertiary/aromatic N) is 2. The Kier molecular flexibility index (Phi) is 6.75. The van der Waals surface area contributed by atoms with E-state index < -0.39 is 0 Å². The molecule has 0 radical (unpaired) electrons. The van der Waals surface area contributed by atoms with Crippen LogP contribution < -0.4 is 10.3 Å². The summed E-state index contributed by atoms with van der Waals surface area (Å²) in [5.74, 6) is 0.860. The number of rotatable bonds is 7. The zero-order valence-electron chi connectivity index (χ0n) is 19.5. The van der Waals surface area contributed by atoms with Gasteiger partial charge in [0.05, 0.1) is 23.4 Å². The van der Waals surface area contributed by atoms with Gasteiger partial charge in [-0.25, -0.2) is 9.37 Å². The maximum absolute atomic E-state index is 13.9. The molecule has 0 bridgehead atoms. The number of carbonyl (C=O) groups is 1. The Morgan fingerprint density at radius 3 is 2.66 bits per heavy atom. The quantitative estimate of drug-likeness (QED) is 0.172. The fourth-order valence-electron chi connectivity index (χ4n) is 4.40. The highest BCUT2D eigenvalue weighted by Crippen LogP contribution is 2.37. The molecule has 1 aliphatic carbocycles. The molecule has 0 saturated heterocycles. The van der Waals surface area contributed by atoms with Gasteiger partial charge in [-0.3, -0.25) is 14.2 Å². The van der Waals surface area contributed by atoms with E-state index in [1.807, 2.05) is 31.2 Å². The molecule has 0 amide bonds. The molecule has 0 fully saturated rings. The Morgan fingerprint density at radius 2 is 1.94 bits per heavy atom. The van der Waals surface area contributed by atoms with E-state index in [0.717, 1.165) is 35.4 Å². The summed E-state index contributed by atoms with van der Waals surface area (Å²) < 4.78 is 20.4. The molecular formula is C27H25FN2O3S2. The fraction of sp³-hybridized carbons (Fsp3) is 0.296. The second-order valence-electron chi connectivity index (χ2n) is 8.71. The lowest BCUT2D eigenvalue weighted by Crippen LogP contribution is -2.23. The maximum Gasteiger partial charge on any atom is 0.267 e. The van der Waals surface area contributed by atoms with Crippen LogP contribution in [0.2, 0.25) is 0 Å². The first kappa shape index (κ1) is 23.8. The van der Waals surface area contributed by atoms with E-state index in [1.165, 1.54) is 40.9 Å². The van der Waals surface area contributed by atoms with Gasteiger partial charge in [0, 0.05) is 10.4 Å². The number of halogens is 1. The van der Waals surface area contributed by atoms with Gasteiger partial charge in [-0.1, -0.05) is 18.7 Å². The molecule has 1 atom stereocenters. The van der Waals surface area contributed by atoms with Crippen molar-refractivity contribution in [3.05, 3.63) is 80.7 Å². The first-order valence-corrected chi connectivity index (χ1v) is 13.5. The van der Waals surface area contributed by atoms with Crippen LogP contribution in [0.1, 0.15) is 41.1 Å². The first-order valence-electron chi connectivity index (χ1n) is 11.7. The summed E-state index contributed by atoms with van der Waals surface area (Å²) in [5, 5.41) is 1.16. The zero-order chi connectivity index (χ0) is 24.5. The van der Waals surface area contributed by atoms with Gasteiger partial charge in [-0.2, -0.15) is 0 Å². The number of ether oxygens (including phenoxy) is 1. The van der Waals surface area contributed by atoms with Crippen molar-refractivity contribution < 1.29 is 13.9 Å². The number of hydrogen-bond acceptors (Lipinski definition) is 6. The molecule has 35 heavy (non-hydrogen) atoms. The third kappa shape index (κ3) is 4.77. The summed E-state index contributed by atoms with van der Waals surface area (Å²) in [6.07, 6.45) is 2.90. The molecule has 5 rings (SSSR count). The molecule has 2 heterocycles. The van der Waals surface area contributed by atoms with E-state index in [9.17, 15) is 14.0 Å². The van der Waals surface area contributed by atoms with Gasteiger partial charge in [0.15, 0.2) is 10.9 Å². The molecule has 0 N–H and O–H groups in total. The van der Waals surface area contributed by atoms with Crippen molar-refractivity contribution >= 4 is 39.1 Å². The molecule has 1 unspecified atom stereocenters. The molecule has 0 saturated carbocycles. The number of aryl methyl sites for hydroxylation is 1. The minimum Gasteiger partial charge on any atom is -0.494 e. The fourth-order valence-corrected chi connectivity index (χ4v) is 6.73. The van der Waals surface area contributed by atoms with Gasteiger partial charge in [0.2, 0.25) is 0 Å². The first-order chi connectivity index (χ1) is 16.9. The summed E-state index contributed by atoms with van der Waals surface area (Å²) in [7, 11) is 0. The number of benzene rings is 2. The lowest BCUT2D eigenvalue weighted by Gasteiger charge is -2.18. The van der Waals surface area contributed by atoms with Gasteiger partial charge < -0.3 is 4.74 Å². The molecular weight excluding hydrogens is 483 g/mol. The number of thioether (sulfide) groups is 1. The minimum atomic E-state index is -0.387. The summed E-state index contributed by atoms with van der Waals surface area (Å²) in [6, 6.07) is 12.8. The lowest BCUT2D eigenvalue weighted by molar-refractivity contribution is 0.102. The molecule has 5 nitrogen and oxygen atoms in total. The predicted octanol–water partition coefficient (Wildman–Crippen LogP) is 6.08. The van der Waals surface area contributed by atoms with Crippen molar-refractivity contribution in [2.24, 2.45) is 5.92 Å². The van der Waals surface area contributed by atoms with E-state index >= 15 is 0 Å². The summed E-state index contributed by atoms with van der Waals surface area (Å²) >= 11 is 2.82. The average molecular weight is 509 g/mol. The van der Waals surface area contributed by atoms with Crippen LogP contribution in [0.5, 0.6) is 5.75 Å². The maximum atomic E-state index is 13.9. The third-order valence-corrected chi connectivity index (χ3v) is 8.29. The SMILES string of the molecule is CCOc1ccc(-n2c(SCC(=O)c3ccc(F)cc3)nc3sc4c(c3c2=O)CCC(C)C4)cc1. The highest BCUT2D eigenvalue weighted by molar-refractivity contribution is 7.99. The molecule has 4 aromatic rings. The number of Topliss-reactive ketones (excluding diaryl/α,β-unsaturated/α-hetero) is 1. The van der Waals surface area contributed by atoms with Crippen LogP contribution in [0.3, 0.4) is 0 Å². The van der Waals surface area contributed by atoms with Crippen molar-refractivity contribution in [1.29, 1.82) is 0 Å². The van der Waals surface area contributed by atoms with Crippen molar-refractivity contribution in [3.63, 3.8) is 0 Å². The van der Waals surface area contributed by atoms with Gasteiger partial charge in [-0.05, 0) is 86.2 Å². The number of fused-ring (bicyclic) bond motifs is 3. The smallest absolute Gasteiger partial charge is 0.267 e. The standard InChI is InChI=1S/C27H25FN2O3S2/c1-3-33-20-11-9-19(10-12-20)30-26(32)24-21-13-4-16(2)14-23(21)35-25(24)29-27(30)34-15-22(31)17-5-7-18(28)8-6-17/h5-12,16H,3-4,13-15H2,1-2H3. The van der Waals surface area contributed by atoms with Crippen LogP contribution in [0.15, 0.2) is 58.5 Å². The molecule has 2 aromatic carbocycles. The highest BCUT2D eigenvalue weighted by Gasteiger charge is 2.25. The van der Waals surface area contributed by atoms with Gasteiger partial charge in [0.25, 0.3) is 5.56 Å². The Bertz CT molecular complexity index is 1440. The summed E-state index contributed by atoms with van der Waals surface area (Å²) in [4.78, 5) is 33.5. The van der Waals surface area contributed by atoms with Gasteiger partial charge in [-0.15, -0.1) is 11.3 Å². The Balaban J connectivity index is 1.58. The Hall–Kier alpha value is -2.97. The van der Waals surface area contributed by atoms with Crippen molar-refractivity contribution in [3.8, 4) is 11.4 Å². The van der Waals surface area contributed by atoms with Crippen molar-refractivity contribution in [2.45, 2.75) is 38.3 Å². The van der Waals surface area contributed by atoms with Crippen LogP contribution in [0.25, 0.3) is 15.9 Å². The third-order valence-electron chi connectivity index (χ3n) is 6.20. The van der Waals surface area contributed by atoms with E-state index in [2.05, 4.69) is 6.92 Å². The highest BCUT2D eigenvalue weighted by atomic mass is 32.2. The lowest BCUT2D eigenvalue weighted by atomic mass is 9.89. The average Bonchev–Trinajstić information content (AvgIpc) is 3.21. The van der Waals surface area contributed by atoms with Crippen molar-refractivity contribution in [1.82, 2.24) is 9.55 Å². The molecule has 0 aliphatic heterocycles. The number of ketones is 1. The van der Waals surface area contributed by atoms with E-state index in [-0.39, 0.29) is 22.9 Å². The van der Waals surface area contributed by atoms with E-state index in [4.69, 9.17) is 9.72 Å². The van der Waals surface area contributed by atoms with E-state index in [1.54, 1.807) is 15.9 Å². The minimum absolute atomic E-state index is 0.0860. The van der Waals surface area contributed by atoms with Crippen LogP contribution in [0.4, 0.5) is 4.39 Å². The summed E-state index contributed by atoms with van der Waals surface area (Å²) in [5.41, 5.74) is 2.12. The van der Waals surface area contributed by atoms with Crippen LogP contribution in [-0.4, -0.2) is 27.7 Å². The summed E-state index contributed by atoms with van der Waals surface area (Å²) in [6.45, 7) is 4.71. The monoisotopic (exact) mass is 508 g/mol. The molecule has 1 aliphatic rings. The van der Waals surface area contributed by atoms with Gasteiger partial charge >= 0.3 is 0 Å². The number of carbonyl (C=O) groups excluding carboxylic acids is 1. The zero-order valence-corrected chi connectivity index (χ0v) is 21.2. The Morgan fingerprint density at radius 1 is 1.20 bits per heavy atom. The van der Waals surface area contributed by atoms with Gasteiger partial charge in [0.1, 0.15) is 16.4 Å². The largest absolute Gasteiger partial charge is 0.494 e. The molecule has 180 valence electrons. The van der Waals surface area contributed by atoms with E-state index in [0.29, 0.717) is 34.3 Å². The number of hydrogen-bond donors (Lipinski definition) is 0. The topological polar surface area (TPSA) is 61.2 Å². The molecule has 8 heteroatoms.